The zero-order chi connectivity index (χ0) is 21.1. The number of nitrogens with zero attached hydrogens (tertiary/aromatic N) is 2. The number of ether oxygens (including phenoxy) is 1. The third kappa shape index (κ3) is 3.86. The van der Waals surface area contributed by atoms with E-state index in [9.17, 15) is 9.59 Å². The van der Waals surface area contributed by atoms with E-state index in [1.165, 1.54) is 13.2 Å². The SMILES string of the molecule is COC(=O)c1cccc(N=Cc2cn(Cc3ccc(C(=O)O)o3)c3ccccc23)c1. The molecule has 0 saturated carbocycles. The van der Waals surface area contributed by atoms with Crippen molar-refractivity contribution in [2.45, 2.75) is 6.54 Å². The van der Waals surface area contributed by atoms with Crippen molar-refractivity contribution in [2.24, 2.45) is 4.99 Å². The number of methoxy groups -OCH3 is 1. The molecule has 0 spiro atoms. The molecule has 7 heteroatoms. The van der Waals surface area contributed by atoms with E-state index < -0.39 is 11.9 Å². The van der Waals surface area contributed by atoms with E-state index in [4.69, 9.17) is 14.3 Å². The van der Waals surface area contributed by atoms with Gasteiger partial charge in [0.2, 0.25) is 5.76 Å². The predicted molar refractivity (Wildman–Crippen MR) is 112 cm³/mol. The van der Waals surface area contributed by atoms with Gasteiger partial charge < -0.3 is 18.8 Å². The van der Waals surface area contributed by atoms with Crippen molar-refractivity contribution in [1.82, 2.24) is 4.57 Å². The van der Waals surface area contributed by atoms with Crippen LogP contribution in [-0.2, 0) is 11.3 Å². The number of aliphatic imine (C=N–C) groups is 1. The lowest BCUT2D eigenvalue weighted by atomic mass is 10.2. The highest BCUT2D eigenvalue weighted by molar-refractivity contribution is 6.00. The second-order valence-corrected chi connectivity index (χ2v) is 6.60. The molecule has 0 unspecified atom stereocenters. The number of para-hydroxylation sites is 1. The molecular formula is C23H18N2O5. The van der Waals surface area contributed by atoms with Gasteiger partial charge >= 0.3 is 11.9 Å². The largest absolute Gasteiger partial charge is 0.475 e. The van der Waals surface area contributed by atoms with Crippen molar-refractivity contribution >= 4 is 34.7 Å². The summed E-state index contributed by atoms with van der Waals surface area (Å²) in [7, 11) is 1.34. The summed E-state index contributed by atoms with van der Waals surface area (Å²) in [4.78, 5) is 27.3. The molecule has 0 saturated heterocycles. The van der Waals surface area contributed by atoms with Crippen molar-refractivity contribution in [3.05, 3.63) is 89.5 Å². The summed E-state index contributed by atoms with van der Waals surface area (Å²) in [6, 6.07) is 17.8. The van der Waals surface area contributed by atoms with Crippen molar-refractivity contribution in [1.29, 1.82) is 0 Å². The topological polar surface area (TPSA) is 94.0 Å². The number of furan rings is 1. The number of hydrogen-bond donors (Lipinski definition) is 1. The number of aromatic nitrogens is 1. The quantitative estimate of drug-likeness (QED) is 0.378. The molecule has 1 N–H and O–H groups in total. The van der Waals surface area contributed by atoms with Gasteiger partial charge in [0.15, 0.2) is 0 Å². The van der Waals surface area contributed by atoms with Gasteiger partial charge in [0, 0.05) is 28.9 Å². The Labute approximate surface area is 171 Å². The van der Waals surface area contributed by atoms with Crippen LogP contribution in [0.25, 0.3) is 10.9 Å². The van der Waals surface area contributed by atoms with Gasteiger partial charge in [-0.15, -0.1) is 0 Å². The fourth-order valence-corrected chi connectivity index (χ4v) is 3.23. The van der Waals surface area contributed by atoms with Gasteiger partial charge in [-0.05, 0) is 36.4 Å². The maximum Gasteiger partial charge on any atom is 0.371 e. The van der Waals surface area contributed by atoms with Gasteiger partial charge in [-0.2, -0.15) is 0 Å². The lowest BCUT2D eigenvalue weighted by molar-refractivity contribution is 0.0599. The molecule has 0 aliphatic heterocycles. The van der Waals surface area contributed by atoms with Crippen LogP contribution in [0.15, 0.2) is 76.3 Å². The first kappa shape index (κ1) is 19.2. The van der Waals surface area contributed by atoms with Crippen LogP contribution in [0.4, 0.5) is 5.69 Å². The first-order valence-electron chi connectivity index (χ1n) is 9.17. The standard InChI is InChI=1S/C23H18N2O5/c1-29-23(28)15-5-4-6-17(11-15)24-12-16-13-25(20-8-3-2-7-19(16)20)14-18-9-10-21(30-18)22(26)27/h2-13H,14H2,1H3,(H,26,27). The van der Waals surface area contributed by atoms with Crippen LogP contribution in [0.3, 0.4) is 0 Å². The molecule has 30 heavy (non-hydrogen) atoms. The van der Waals surface area contributed by atoms with E-state index in [0.29, 0.717) is 23.6 Å². The number of carbonyl (C=O) groups excluding carboxylic acids is 1. The third-order valence-electron chi connectivity index (χ3n) is 4.64. The van der Waals surface area contributed by atoms with Gasteiger partial charge in [-0.3, -0.25) is 4.99 Å². The molecule has 0 aliphatic carbocycles. The van der Waals surface area contributed by atoms with E-state index in [1.54, 1.807) is 36.5 Å². The van der Waals surface area contributed by atoms with Crippen LogP contribution in [0.1, 0.15) is 32.2 Å². The summed E-state index contributed by atoms with van der Waals surface area (Å²) in [6.45, 7) is 0.388. The van der Waals surface area contributed by atoms with Crippen molar-refractivity contribution in [2.75, 3.05) is 7.11 Å². The molecule has 150 valence electrons. The zero-order valence-corrected chi connectivity index (χ0v) is 16.1. The Morgan fingerprint density at radius 3 is 2.73 bits per heavy atom. The number of fused-ring (bicyclic) bond motifs is 1. The number of carboxylic acids is 1. The van der Waals surface area contributed by atoms with E-state index >= 15 is 0 Å². The first-order valence-corrected chi connectivity index (χ1v) is 9.17. The number of hydrogen-bond acceptors (Lipinski definition) is 5. The average molecular weight is 402 g/mol. The zero-order valence-electron chi connectivity index (χ0n) is 16.1. The summed E-state index contributed by atoms with van der Waals surface area (Å²) in [6.07, 6.45) is 3.67. The lowest BCUT2D eigenvalue weighted by Gasteiger charge is -2.02. The van der Waals surface area contributed by atoms with Gasteiger partial charge in [0.25, 0.3) is 0 Å². The van der Waals surface area contributed by atoms with Crippen LogP contribution in [0.2, 0.25) is 0 Å². The normalized spacial score (nSPS) is 11.2. The van der Waals surface area contributed by atoms with Crippen molar-refractivity contribution in [3.63, 3.8) is 0 Å². The average Bonchev–Trinajstić information content (AvgIpc) is 3.37. The van der Waals surface area contributed by atoms with E-state index in [1.807, 2.05) is 35.0 Å². The summed E-state index contributed by atoms with van der Waals surface area (Å²) in [5, 5.41) is 10.0. The number of benzene rings is 2. The van der Waals surface area contributed by atoms with Gasteiger partial charge in [-0.1, -0.05) is 24.3 Å². The summed E-state index contributed by atoms with van der Waals surface area (Å²) in [5.41, 5.74) is 2.92. The fourth-order valence-electron chi connectivity index (χ4n) is 3.23. The van der Waals surface area contributed by atoms with Gasteiger partial charge in [0.1, 0.15) is 5.76 Å². The van der Waals surface area contributed by atoms with E-state index in [0.717, 1.165) is 16.5 Å². The van der Waals surface area contributed by atoms with Crippen molar-refractivity contribution in [3.8, 4) is 0 Å². The van der Waals surface area contributed by atoms with Crippen LogP contribution < -0.4 is 0 Å². The predicted octanol–water partition coefficient (Wildman–Crippen LogP) is 4.52. The molecule has 0 bridgehead atoms. The maximum absolute atomic E-state index is 11.7. The minimum atomic E-state index is -1.10. The highest BCUT2D eigenvalue weighted by atomic mass is 16.5. The number of esters is 1. The Hall–Kier alpha value is -4.13. The van der Waals surface area contributed by atoms with E-state index in [2.05, 4.69) is 4.99 Å². The molecule has 0 radical (unpaired) electrons. The molecule has 0 amide bonds. The van der Waals surface area contributed by atoms with E-state index in [-0.39, 0.29) is 5.76 Å². The Balaban J connectivity index is 1.66. The molecule has 2 heterocycles. The van der Waals surface area contributed by atoms with Gasteiger partial charge in [0.05, 0.1) is 24.9 Å². The Morgan fingerprint density at radius 2 is 1.97 bits per heavy atom. The Morgan fingerprint density at radius 1 is 1.13 bits per heavy atom. The number of carbonyl (C=O) groups is 2. The fraction of sp³-hybridized carbons (Fsp3) is 0.0870. The van der Waals surface area contributed by atoms with Crippen molar-refractivity contribution < 1.29 is 23.8 Å². The molecule has 2 aromatic heterocycles. The summed E-state index contributed by atoms with van der Waals surface area (Å²) in [5.74, 6) is -1.06. The van der Waals surface area contributed by atoms with Crippen LogP contribution >= 0.6 is 0 Å². The monoisotopic (exact) mass is 402 g/mol. The molecule has 4 aromatic rings. The number of aromatic carboxylic acids is 1. The molecule has 0 fully saturated rings. The Bertz CT molecular complexity index is 1270. The van der Waals surface area contributed by atoms with Crippen LogP contribution in [-0.4, -0.2) is 34.9 Å². The minimum absolute atomic E-state index is 0.0891. The summed E-state index contributed by atoms with van der Waals surface area (Å²) >= 11 is 0. The molecule has 2 aromatic carbocycles. The number of carboxylic acid groups (broad SMARTS) is 1. The second-order valence-electron chi connectivity index (χ2n) is 6.60. The molecule has 4 rings (SSSR count). The minimum Gasteiger partial charge on any atom is -0.475 e. The second kappa shape index (κ2) is 8.08. The molecule has 7 nitrogen and oxygen atoms in total. The first-order chi connectivity index (χ1) is 14.5. The third-order valence-corrected chi connectivity index (χ3v) is 4.64. The van der Waals surface area contributed by atoms with Gasteiger partial charge in [-0.25, -0.2) is 9.59 Å². The smallest absolute Gasteiger partial charge is 0.371 e. The lowest BCUT2D eigenvalue weighted by Crippen LogP contribution is -1.99. The highest BCUT2D eigenvalue weighted by Crippen LogP contribution is 2.23. The maximum atomic E-state index is 11.7. The molecular weight excluding hydrogens is 384 g/mol. The molecule has 0 aliphatic rings. The Kier molecular flexibility index (Phi) is 5.17. The summed E-state index contributed by atoms with van der Waals surface area (Å²) < 4.78 is 12.1. The number of rotatable bonds is 6. The van der Waals surface area contributed by atoms with Crippen LogP contribution in [0, 0.1) is 0 Å². The molecule has 0 atom stereocenters. The highest BCUT2D eigenvalue weighted by Gasteiger charge is 2.12. The van der Waals surface area contributed by atoms with Crippen LogP contribution in [0.5, 0.6) is 0 Å².